The maximum atomic E-state index is 11.9. The van der Waals surface area contributed by atoms with Gasteiger partial charge in [0.25, 0.3) is 5.56 Å². The number of hydrogen-bond donors (Lipinski definition) is 1. The van der Waals surface area contributed by atoms with Crippen LogP contribution in [-0.2, 0) is 6.54 Å². The van der Waals surface area contributed by atoms with E-state index in [2.05, 4.69) is 9.97 Å². The van der Waals surface area contributed by atoms with Crippen molar-refractivity contribution in [2.75, 3.05) is 5.73 Å². The first-order chi connectivity index (χ1) is 10.7. The number of hydrogen-bond acceptors (Lipinski definition) is 5. The van der Waals surface area contributed by atoms with Crippen LogP contribution in [0.25, 0.3) is 22.6 Å². The summed E-state index contributed by atoms with van der Waals surface area (Å²) in [5, 5.41) is 0. The van der Waals surface area contributed by atoms with Gasteiger partial charge >= 0.3 is 0 Å². The third-order valence-corrected chi connectivity index (χ3v) is 3.32. The number of nitrogens with zero attached hydrogens (tertiary/aromatic N) is 3. The van der Waals surface area contributed by atoms with Crippen LogP contribution >= 0.6 is 0 Å². The zero-order chi connectivity index (χ0) is 15.5. The van der Waals surface area contributed by atoms with Gasteiger partial charge in [-0.25, -0.2) is 9.97 Å². The molecule has 2 N–H and O–H groups in total. The van der Waals surface area contributed by atoms with Gasteiger partial charge in [0.2, 0.25) is 5.95 Å². The molecule has 0 unspecified atom stereocenters. The van der Waals surface area contributed by atoms with Gasteiger partial charge in [0, 0.05) is 36.1 Å². The highest BCUT2D eigenvalue weighted by molar-refractivity contribution is 5.78. The van der Waals surface area contributed by atoms with Gasteiger partial charge in [0.15, 0.2) is 5.76 Å². The molecule has 0 atom stereocenters. The summed E-state index contributed by atoms with van der Waals surface area (Å²) in [6.07, 6.45) is 5.92. The minimum absolute atomic E-state index is 0.0264. The topological polar surface area (TPSA) is 86.9 Å². The van der Waals surface area contributed by atoms with E-state index in [0.717, 1.165) is 17.5 Å². The maximum absolute atomic E-state index is 11.9. The molecule has 0 saturated heterocycles. The Bertz CT molecular complexity index is 838. The zero-order valence-electron chi connectivity index (χ0n) is 12.2. The Balaban J connectivity index is 2.16. The summed E-state index contributed by atoms with van der Waals surface area (Å²) in [4.78, 5) is 20.2. The van der Waals surface area contributed by atoms with Crippen molar-refractivity contribution >= 4 is 5.95 Å². The minimum Gasteiger partial charge on any atom is -0.463 e. The molecule has 0 aliphatic heterocycles. The van der Waals surface area contributed by atoms with Crippen molar-refractivity contribution in [3.63, 3.8) is 0 Å². The van der Waals surface area contributed by atoms with E-state index in [9.17, 15) is 4.79 Å². The molecular formula is C16H16N4O2. The molecule has 3 aromatic heterocycles. The third-order valence-electron chi connectivity index (χ3n) is 3.32. The molecule has 0 fully saturated rings. The number of nitrogen functional groups attached to an aromatic ring is 1. The average molecular weight is 296 g/mol. The van der Waals surface area contributed by atoms with Crippen LogP contribution in [0.3, 0.4) is 0 Å². The molecule has 0 aromatic carbocycles. The average Bonchev–Trinajstić information content (AvgIpc) is 3.04. The second-order valence-corrected chi connectivity index (χ2v) is 4.92. The maximum Gasteiger partial charge on any atom is 0.250 e. The monoisotopic (exact) mass is 296 g/mol. The van der Waals surface area contributed by atoms with Crippen LogP contribution in [0.2, 0.25) is 0 Å². The molecule has 0 amide bonds. The van der Waals surface area contributed by atoms with Crippen molar-refractivity contribution in [2.45, 2.75) is 19.9 Å². The summed E-state index contributed by atoms with van der Waals surface area (Å²) in [6.45, 7) is 2.69. The lowest BCUT2D eigenvalue weighted by molar-refractivity contribution is 0.580. The lowest BCUT2D eigenvalue weighted by atomic mass is 10.1. The van der Waals surface area contributed by atoms with Crippen molar-refractivity contribution in [1.29, 1.82) is 0 Å². The number of rotatable bonds is 4. The van der Waals surface area contributed by atoms with Gasteiger partial charge in [0.1, 0.15) is 5.69 Å². The lowest BCUT2D eigenvalue weighted by Gasteiger charge is -2.10. The fraction of sp³-hybridized carbons (Fsp3) is 0.188. The molecule has 0 saturated carbocycles. The van der Waals surface area contributed by atoms with E-state index >= 15 is 0 Å². The number of aryl methyl sites for hydroxylation is 1. The highest BCUT2D eigenvalue weighted by Gasteiger charge is 2.13. The minimum atomic E-state index is -0.0264. The van der Waals surface area contributed by atoms with E-state index < -0.39 is 0 Å². The Kier molecular flexibility index (Phi) is 3.74. The molecule has 112 valence electrons. The largest absolute Gasteiger partial charge is 0.463 e. The van der Waals surface area contributed by atoms with Crippen molar-refractivity contribution in [1.82, 2.24) is 14.5 Å². The number of nitrogens with two attached hydrogens (primary N) is 1. The number of aromatic nitrogens is 3. The molecule has 0 aliphatic rings. The first-order valence-corrected chi connectivity index (χ1v) is 7.06. The van der Waals surface area contributed by atoms with Gasteiger partial charge in [-0.15, -0.1) is 0 Å². The molecule has 3 rings (SSSR count). The molecule has 6 heteroatoms. The summed E-state index contributed by atoms with van der Waals surface area (Å²) in [5.41, 5.74) is 7.90. The van der Waals surface area contributed by atoms with Gasteiger partial charge in [0.05, 0.1) is 6.26 Å². The Morgan fingerprint density at radius 3 is 2.91 bits per heavy atom. The van der Waals surface area contributed by atoms with E-state index in [-0.39, 0.29) is 11.5 Å². The molecule has 0 bridgehead atoms. The Morgan fingerprint density at radius 1 is 1.32 bits per heavy atom. The molecular weight excluding hydrogens is 280 g/mol. The Labute approximate surface area is 127 Å². The lowest BCUT2D eigenvalue weighted by Crippen LogP contribution is -2.18. The second kappa shape index (κ2) is 5.85. The molecule has 6 nitrogen and oxygen atoms in total. The van der Waals surface area contributed by atoms with Crippen LogP contribution < -0.4 is 11.3 Å². The molecule has 3 heterocycles. The first kappa shape index (κ1) is 14.1. The highest BCUT2D eigenvalue weighted by Crippen LogP contribution is 2.30. The van der Waals surface area contributed by atoms with Crippen molar-refractivity contribution in [3.05, 3.63) is 53.3 Å². The summed E-state index contributed by atoms with van der Waals surface area (Å²) in [7, 11) is 0. The fourth-order valence-electron chi connectivity index (χ4n) is 2.31. The summed E-state index contributed by atoms with van der Waals surface area (Å²) >= 11 is 0. The van der Waals surface area contributed by atoms with Gasteiger partial charge < -0.3 is 14.7 Å². The van der Waals surface area contributed by atoms with Gasteiger partial charge in [-0.2, -0.15) is 0 Å². The SMILES string of the molecule is CCCn1cc(-c2cnc(N)nc2-c2ccco2)ccc1=O. The quantitative estimate of drug-likeness (QED) is 0.799. The highest BCUT2D eigenvalue weighted by atomic mass is 16.3. The van der Waals surface area contributed by atoms with E-state index in [4.69, 9.17) is 10.2 Å². The van der Waals surface area contributed by atoms with Crippen LogP contribution in [0.1, 0.15) is 13.3 Å². The van der Waals surface area contributed by atoms with E-state index in [1.54, 1.807) is 35.2 Å². The standard InChI is InChI=1S/C16H16N4O2/c1-2-7-20-10-11(5-6-14(20)21)12-9-18-16(17)19-15(12)13-4-3-8-22-13/h3-6,8-10H,2,7H2,1H3,(H2,17,18,19). The van der Waals surface area contributed by atoms with Crippen LogP contribution in [0.15, 0.2) is 52.1 Å². The van der Waals surface area contributed by atoms with Crippen LogP contribution in [0, 0.1) is 0 Å². The van der Waals surface area contributed by atoms with Crippen molar-refractivity contribution < 1.29 is 4.42 Å². The van der Waals surface area contributed by atoms with Gasteiger partial charge in [-0.05, 0) is 24.6 Å². The van der Waals surface area contributed by atoms with Crippen LogP contribution in [0.4, 0.5) is 5.95 Å². The van der Waals surface area contributed by atoms with E-state index in [1.807, 2.05) is 19.2 Å². The predicted octanol–water partition coefficient (Wildman–Crippen LogP) is 2.56. The summed E-state index contributed by atoms with van der Waals surface area (Å²) < 4.78 is 7.10. The molecule has 0 radical (unpaired) electrons. The first-order valence-electron chi connectivity index (χ1n) is 7.06. The van der Waals surface area contributed by atoms with E-state index in [1.165, 1.54) is 0 Å². The number of furan rings is 1. The normalized spacial score (nSPS) is 10.8. The van der Waals surface area contributed by atoms with Crippen molar-refractivity contribution in [2.24, 2.45) is 0 Å². The fourth-order valence-corrected chi connectivity index (χ4v) is 2.31. The van der Waals surface area contributed by atoms with Crippen molar-refractivity contribution in [3.8, 4) is 22.6 Å². The molecule has 22 heavy (non-hydrogen) atoms. The molecule has 0 spiro atoms. The molecule has 3 aromatic rings. The molecule has 0 aliphatic carbocycles. The number of pyridine rings is 1. The van der Waals surface area contributed by atoms with Gasteiger partial charge in [-0.3, -0.25) is 4.79 Å². The Hall–Kier alpha value is -2.89. The second-order valence-electron chi connectivity index (χ2n) is 4.92. The zero-order valence-corrected chi connectivity index (χ0v) is 12.2. The van der Waals surface area contributed by atoms with Gasteiger partial charge in [-0.1, -0.05) is 6.92 Å². The van der Waals surface area contributed by atoms with Crippen LogP contribution in [-0.4, -0.2) is 14.5 Å². The van der Waals surface area contributed by atoms with E-state index in [0.29, 0.717) is 18.0 Å². The summed E-state index contributed by atoms with van der Waals surface area (Å²) in [5.74, 6) is 0.786. The third kappa shape index (κ3) is 2.63. The predicted molar refractivity (Wildman–Crippen MR) is 84.1 cm³/mol. The Morgan fingerprint density at radius 2 is 2.18 bits per heavy atom. The van der Waals surface area contributed by atoms with Crippen LogP contribution in [0.5, 0.6) is 0 Å². The number of anilines is 1. The smallest absolute Gasteiger partial charge is 0.250 e. The summed E-state index contributed by atoms with van der Waals surface area (Å²) in [6, 6.07) is 6.91.